The van der Waals surface area contributed by atoms with E-state index >= 15 is 0 Å². The minimum absolute atomic E-state index is 0.331. The Hall–Kier alpha value is -2.04. The molecular weight excluding hydrogens is 381 g/mol. The normalized spacial score (nSPS) is 11.9. The monoisotopic (exact) mass is 405 g/mol. The molecule has 0 aliphatic rings. The van der Waals surface area contributed by atoms with Crippen LogP contribution in [0.15, 0.2) is 40.5 Å². The van der Waals surface area contributed by atoms with Crippen LogP contribution in [0.25, 0.3) is 0 Å². The molecule has 4 nitrogen and oxygen atoms in total. The van der Waals surface area contributed by atoms with Gasteiger partial charge in [0.15, 0.2) is 0 Å². The van der Waals surface area contributed by atoms with Gasteiger partial charge in [0, 0.05) is 19.2 Å². The Morgan fingerprint density at radius 1 is 1.11 bits per heavy atom. The maximum atomic E-state index is 6.02. The van der Waals surface area contributed by atoms with Gasteiger partial charge in [0.1, 0.15) is 6.61 Å². The molecule has 0 atom stereocenters. The van der Waals surface area contributed by atoms with Crippen LogP contribution in [0.2, 0.25) is 10.0 Å². The summed E-state index contributed by atoms with van der Waals surface area (Å²) in [5, 5.41) is 5.29. The molecule has 0 fully saturated rings. The molecule has 0 aliphatic heterocycles. The molecule has 0 saturated heterocycles. The lowest BCUT2D eigenvalue weighted by Gasteiger charge is -2.12. The quantitative estimate of drug-likeness (QED) is 0.314. The molecule has 2 rings (SSSR count). The van der Waals surface area contributed by atoms with Crippen LogP contribution in [0, 0.1) is 13.8 Å². The zero-order chi connectivity index (χ0) is 20.0. The van der Waals surface area contributed by atoms with Gasteiger partial charge < -0.3 is 9.74 Å². The van der Waals surface area contributed by atoms with E-state index in [1.807, 2.05) is 38.2 Å². The first-order chi connectivity index (χ1) is 12.8. The third-order valence-corrected chi connectivity index (χ3v) is 4.98. The first-order valence-electron chi connectivity index (χ1n) is 8.78. The predicted octanol–water partition coefficient (Wildman–Crippen LogP) is 6.16. The van der Waals surface area contributed by atoms with Gasteiger partial charge in [-0.15, -0.1) is 0 Å². The fourth-order valence-electron chi connectivity index (χ4n) is 2.45. The lowest BCUT2D eigenvalue weighted by Crippen LogP contribution is -2.14. The molecule has 0 N–H and O–H groups in total. The maximum Gasteiger partial charge on any atom is 0.142 e. The number of hydrogen-bond acceptors (Lipinski definition) is 3. The lowest BCUT2D eigenvalue weighted by molar-refractivity contribution is 0.130. The minimum Gasteiger partial charge on any atom is -0.391 e. The summed E-state index contributed by atoms with van der Waals surface area (Å²) in [6.45, 7) is 9.37. The van der Waals surface area contributed by atoms with E-state index in [4.69, 9.17) is 28.0 Å². The van der Waals surface area contributed by atoms with Crippen molar-refractivity contribution < 1.29 is 4.84 Å². The van der Waals surface area contributed by atoms with Crippen LogP contribution < -0.4 is 0 Å². The zero-order valence-electron chi connectivity index (χ0n) is 16.4. The molecule has 2 aromatic carbocycles. The second-order valence-electron chi connectivity index (χ2n) is 6.47. The Morgan fingerprint density at radius 2 is 1.85 bits per heavy atom. The molecule has 6 heteroatoms. The molecule has 0 saturated carbocycles. The van der Waals surface area contributed by atoms with Gasteiger partial charge in [-0.2, -0.15) is 0 Å². The summed E-state index contributed by atoms with van der Waals surface area (Å²) in [6.07, 6.45) is 1.85. The summed E-state index contributed by atoms with van der Waals surface area (Å²) in [7, 11) is 2.00. The summed E-state index contributed by atoms with van der Waals surface area (Å²) < 4.78 is 0. The summed E-state index contributed by atoms with van der Waals surface area (Å²) in [6, 6.07) is 9.57. The highest BCUT2D eigenvalue weighted by Gasteiger charge is 2.08. The Kier molecular flexibility index (Phi) is 7.69. The largest absolute Gasteiger partial charge is 0.391 e. The van der Waals surface area contributed by atoms with E-state index in [1.54, 1.807) is 12.1 Å². The Morgan fingerprint density at radius 3 is 2.52 bits per heavy atom. The van der Waals surface area contributed by atoms with E-state index in [0.29, 0.717) is 16.7 Å². The molecule has 0 bridgehead atoms. The van der Waals surface area contributed by atoms with Crippen molar-refractivity contribution in [1.82, 2.24) is 4.90 Å². The van der Waals surface area contributed by atoms with Gasteiger partial charge in [0.05, 0.1) is 27.8 Å². The zero-order valence-corrected chi connectivity index (χ0v) is 17.9. The van der Waals surface area contributed by atoms with E-state index < -0.39 is 0 Å². The van der Waals surface area contributed by atoms with Gasteiger partial charge in [-0.25, -0.2) is 4.99 Å². The second-order valence-corrected chi connectivity index (χ2v) is 7.28. The number of aryl methyl sites for hydroxylation is 2. The SMILES string of the molecule is CCN(C)/C=N\c1cc(C)c(/C(C)=N/OCc2ccc(Cl)c(Cl)c2)cc1C. The second kappa shape index (κ2) is 9.77. The van der Waals surface area contributed by atoms with E-state index in [2.05, 4.69) is 36.1 Å². The van der Waals surface area contributed by atoms with Gasteiger partial charge >= 0.3 is 0 Å². The van der Waals surface area contributed by atoms with E-state index in [1.165, 1.54) is 0 Å². The van der Waals surface area contributed by atoms with Crippen LogP contribution >= 0.6 is 23.2 Å². The molecule has 0 aromatic heterocycles. The van der Waals surface area contributed by atoms with Gasteiger partial charge in [-0.1, -0.05) is 34.4 Å². The molecule has 0 unspecified atom stereocenters. The average Bonchev–Trinajstić information content (AvgIpc) is 2.64. The third-order valence-electron chi connectivity index (χ3n) is 4.24. The van der Waals surface area contributed by atoms with E-state index in [0.717, 1.165) is 40.2 Å². The van der Waals surface area contributed by atoms with Crippen molar-refractivity contribution in [2.24, 2.45) is 10.1 Å². The number of rotatable bonds is 7. The highest BCUT2D eigenvalue weighted by atomic mass is 35.5. The summed E-state index contributed by atoms with van der Waals surface area (Å²) in [4.78, 5) is 12.1. The Balaban J connectivity index is 2.11. The number of nitrogens with zero attached hydrogens (tertiary/aromatic N) is 3. The Bertz CT molecular complexity index is 863. The van der Waals surface area contributed by atoms with Crippen LogP contribution in [-0.4, -0.2) is 30.5 Å². The number of aliphatic imine (C=N–C) groups is 1. The van der Waals surface area contributed by atoms with Gasteiger partial charge in [0.2, 0.25) is 0 Å². The summed E-state index contributed by atoms with van der Waals surface area (Å²) in [5.74, 6) is 0. The molecule has 27 heavy (non-hydrogen) atoms. The fraction of sp³-hybridized carbons (Fsp3) is 0.333. The average molecular weight is 406 g/mol. The lowest BCUT2D eigenvalue weighted by atomic mass is 10.0. The van der Waals surface area contributed by atoms with Crippen LogP contribution in [0.5, 0.6) is 0 Å². The number of halogens is 2. The summed E-state index contributed by atoms with van der Waals surface area (Å²) in [5.41, 5.74) is 5.93. The minimum atomic E-state index is 0.331. The molecule has 0 aliphatic carbocycles. The van der Waals surface area contributed by atoms with Crippen LogP contribution in [0.1, 0.15) is 36.1 Å². The van der Waals surface area contributed by atoms with Gasteiger partial charge in [-0.05, 0) is 68.7 Å². The molecular formula is C21H25Cl2N3O. The smallest absolute Gasteiger partial charge is 0.142 e. The van der Waals surface area contributed by atoms with Crippen LogP contribution in [-0.2, 0) is 11.4 Å². The van der Waals surface area contributed by atoms with Crippen molar-refractivity contribution in [2.45, 2.75) is 34.3 Å². The number of oxime groups is 1. The standard InChI is InChI=1S/C21H25Cl2N3O/c1-6-26(5)13-24-21-10-14(2)18(9-15(21)3)16(4)25-27-12-17-7-8-19(22)20(23)11-17/h7-11,13H,6,12H2,1-5H3/b24-13-,25-16+. The van der Waals surface area contributed by atoms with Crippen molar-refractivity contribution in [3.05, 3.63) is 62.6 Å². The van der Waals surface area contributed by atoms with E-state index in [9.17, 15) is 0 Å². The Labute approximate surface area is 171 Å². The third kappa shape index (κ3) is 5.98. The fourth-order valence-corrected chi connectivity index (χ4v) is 2.78. The highest BCUT2D eigenvalue weighted by molar-refractivity contribution is 6.42. The van der Waals surface area contributed by atoms with Crippen molar-refractivity contribution >= 4 is 40.9 Å². The predicted molar refractivity (Wildman–Crippen MR) is 116 cm³/mol. The maximum absolute atomic E-state index is 6.02. The van der Waals surface area contributed by atoms with Crippen molar-refractivity contribution in [3.63, 3.8) is 0 Å². The van der Waals surface area contributed by atoms with Crippen molar-refractivity contribution in [3.8, 4) is 0 Å². The van der Waals surface area contributed by atoms with Gasteiger partial charge in [-0.3, -0.25) is 0 Å². The van der Waals surface area contributed by atoms with Crippen molar-refractivity contribution in [2.75, 3.05) is 13.6 Å². The molecule has 0 heterocycles. The van der Waals surface area contributed by atoms with Crippen LogP contribution in [0.4, 0.5) is 5.69 Å². The number of hydrogen-bond donors (Lipinski definition) is 0. The molecule has 0 radical (unpaired) electrons. The topological polar surface area (TPSA) is 37.2 Å². The molecule has 2 aromatic rings. The first-order valence-corrected chi connectivity index (χ1v) is 9.54. The molecule has 144 valence electrons. The van der Waals surface area contributed by atoms with E-state index in [-0.39, 0.29) is 0 Å². The highest BCUT2D eigenvalue weighted by Crippen LogP contribution is 2.25. The first kappa shape index (κ1) is 21.3. The van der Waals surface area contributed by atoms with Crippen LogP contribution in [0.3, 0.4) is 0 Å². The molecule has 0 spiro atoms. The summed E-state index contributed by atoms with van der Waals surface area (Å²) >= 11 is 11.9. The number of benzene rings is 2. The van der Waals surface area contributed by atoms with Gasteiger partial charge in [0.25, 0.3) is 0 Å². The molecule has 0 amide bonds. The van der Waals surface area contributed by atoms with Crippen molar-refractivity contribution in [1.29, 1.82) is 0 Å².